The summed E-state index contributed by atoms with van der Waals surface area (Å²) < 4.78 is 29.3. The lowest BCUT2D eigenvalue weighted by Crippen LogP contribution is -2.54. The van der Waals surface area contributed by atoms with Crippen LogP contribution in [0.2, 0.25) is 0 Å². The van der Waals surface area contributed by atoms with Gasteiger partial charge in [-0.25, -0.2) is 0 Å². The second-order valence-corrected chi connectivity index (χ2v) is 25.0. The van der Waals surface area contributed by atoms with Crippen LogP contribution in [0.1, 0.15) is 132 Å². The third kappa shape index (κ3) is 12.2. The molecule has 8 aliphatic rings. The largest absolute Gasteiger partial charge is 0.507 e. The average molecular weight is 1170 g/mol. The predicted molar refractivity (Wildman–Crippen MR) is 322 cm³/mol. The summed E-state index contributed by atoms with van der Waals surface area (Å²) >= 11 is 0. The number of pyridine rings is 1. The molecule has 1 aliphatic carbocycles. The minimum atomic E-state index is -1.97. The van der Waals surface area contributed by atoms with Crippen LogP contribution in [0.4, 0.5) is 0 Å². The maximum atomic E-state index is 14.7. The first-order valence-electron chi connectivity index (χ1n) is 29.9. The van der Waals surface area contributed by atoms with Gasteiger partial charge < -0.3 is 59.6 Å². The molecule has 8 heterocycles. The Balaban J connectivity index is 0.000000297. The molecule has 4 saturated heterocycles. The molecule has 0 radical (unpaired) electrons. The smallest absolute Gasteiger partial charge is 0.312 e. The van der Waals surface area contributed by atoms with Crippen LogP contribution < -0.4 is 20.1 Å². The number of likely N-dealkylation sites (tertiary alicyclic amines) is 1. The number of aromatic nitrogens is 1. The normalized spacial score (nSPS) is 32.8. The number of esters is 1. The van der Waals surface area contributed by atoms with Crippen LogP contribution in [0.5, 0.6) is 17.2 Å². The quantitative estimate of drug-likeness (QED) is 0.0930. The summed E-state index contributed by atoms with van der Waals surface area (Å²) in [5.41, 5.74) is 1.65. The van der Waals surface area contributed by atoms with E-state index in [1.807, 2.05) is 24.3 Å². The van der Waals surface area contributed by atoms with Crippen molar-refractivity contribution >= 4 is 40.1 Å². The van der Waals surface area contributed by atoms with Crippen LogP contribution in [0.15, 0.2) is 95.6 Å². The highest BCUT2D eigenvalue weighted by Crippen LogP contribution is 2.51. The third-order valence-corrected chi connectivity index (χ3v) is 18.8. The number of methoxy groups -OCH3 is 2. The number of ketones is 2. The molecule has 3 aromatic rings. The van der Waals surface area contributed by atoms with Crippen LogP contribution in [-0.4, -0.2) is 153 Å². The third-order valence-electron chi connectivity index (χ3n) is 18.8. The van der Waals surface area contributed by atoms with E-state index < -0.39 is 94.8 Å². The number of aliphatic hydroxyl groups is 3. The van der Waals surface area contributed by atoms with Gasteiger partial charge in [0, 0.05) is 118 Å². The Hall–Kier alpha value is -6.74. The van der Waals surface area contributed by atoms with Crippen molar-refractivity contribution in [2.24, 2.45) is 46.4 Å². The van der Waals surface area contributed by atoms with Crippen LogP contribution in [0.25, 0.3) is 10.9 Å². The number of rotatable bonds is 8. The van der Waals surface area contributed by atoms with Crippen molar-refractivity contribution in [1.29, 1.82) is 0 Å². The lowest BCUT2D eigenvalue weighted by Gasteiger charge is -2.50. The highest BCUT2D eigenvalue weighted by Gasteiger charge is 2.55. The summed E-state index contributed by atoms with van der Waals surface area (Å²) in [5.74, 6) is -4.78. The minimum absolute atomic E-state index is 0.0164. The SMILES string of the molecule is C=C[C@H]1C[N@]2CC[C@H]1C[C@H]2[C@H](O)c1ccnc2ccc(OC)cc12.CO[C@H]1/C=C/O[C@@]2(C)Oc3c(C)c(O)c4c(c3C2=O)C2=NC3(CCN(CC(C)C)CC3)NC2=C(NC(=O)/C(C)=C\C=C\[C@H](C)[C@H](O)[C@@H](C)[C@@H](O)[C@@H](C)[C@H](OC(C)=O)[C@@H]1C)C4=O. The number of nitrogens with zero attached hydrogens (tertiary/aromatic N) is 4. The fraction of sp³-hybridized carbons (Fsp3) is 0.545. The highest BCUT2D eigenvalue weighted by atomic mass is 16.7. The molecule has 7 bridgehead atoms. The van der Waals surface area contributed by atoms with E-state index in [1.54, 1.807) is 72.2 Å². The number of Topliss-reactive ketones (excluding diaryl/α,β-unsaturated/α-hetero) is 2. The minimum Gasteiger partial charge on any atom is -0.507 e. The zero-order valence-electron chi connectivity index (χ0n) is 51.2. The van der Waals surface area contributed by atoms with Crippen LogP contribution in [-0.2, 0) is 23.8 Å². The van der Waals surface area contributed by atoms with E-state index in [0.29, 0.717) is 30.6 Å². The Morgan fingerprint density at radius 2 is 1.69 bits per heavy atom. The summed E-state index contributed by atoms with van der Waals surface area (Å²) in [7, 11) is 3.13. The number of benzene rings is 2. The zero-order chi connectivity index (χ0) is 61.6. The molecule has 6 N–H and O–H groups in total. The number of fused-ring (bicyclic) bond motifs is 7. The monoisotopic (exact) mass is 1170 g/mol. The standard InChI is InChI=1S/C46H62N4O11.C20H24N2O2/c1-22(2)21-50-18-16-46(17-19-50)48-34-31-32-39(54)28(8)42-33(31)43(56)45(10,61-42)59-20-15-30(58-11)25(5)41(60-29(9)51)27(7)38(53)26(6)37(52)23(3)13-12-14-24(4)44(57)47-36(40(32)55)35(34)49-46;1-3-13-12-22-9-7-14(13)10-19(22)20(23)16-6-8-21-18-5-4-15(24-2)11-17(16)18/h12-15,20,22-23,25-27,30,37-38,41,49,52-54H,16-19,21H2,1-11H3,(H,47,57);3-6,8,11,13-14,19-20,23H,1,7,9-10,12H2,2H3/b13-12+,20-15+,24-14-;/t23-,25+,26+,27+,30-,37-,38+,41+,45-;13-,14-,19-,20+/m00/s1. The van der Waals surface area contributed by atoms with Gasteiger partial charge in [-0.15, -0.1) is 6.58 Å². The highest BCUT2D eigenvalue weighted by molar-refractivity contribution is 6.34. The van der Waals surface area contributed by atoms with Crippen molar-refractivity contribution in [2.75, 3.05) is 46.9 Å². The predicted octanol–water partition coefficient (Wildman–Crippen LogP) is 7.79. The molecular formula is C66H86N6O13. The number of hydrogen-bond acceptors (Lipinski definition) is 18. The van der Waals surface area contributed by atoms with E-state index in [4.69, 9.17) is 28.7 Å². The van der Waals surface area contributed by atoms with E-state index in [0.717, 1.165) is 61.4 Å². The number of nitrogens with one attached hydrogen (secondary N) is 2. The summed E-state index contributed by atoms with van der Waals surface area (Å²) in [6.45, 7) is 25.6. The van der Waals surface area contributed by atoms with E-state index in [1.165, 1.54) is 40.6 Å². The second-order valence-electron chi connectivity index (χ2n) is 25.0. The van der Waals surface area contributed by atoms with E-state index in [9.17, 15) is 39.6 Å². The fourth-order valence-electron chi connectivity index (χ4n) is 13.7. The molecule has 0 saturated carbocycles. The first-order valence-corrected chi connectivity index (χ1v) is 29.9. The van der Waals surface area contributed by atoms with Crippen molar-refractivity contribution in [3.8, 4) is 17.2 Å². The van der Waals surface area contributed by atoms with Crippen molar-refractivity contribution in [3.63, 3.8) is 0 Å². The first kappa shape index (κ1) is 62.8. The molecule has 11 rings (SSSR count). The Morgan fingerprint density at radius 3 is 2.34 bits per heavy atom. The fourth-order valence-corrected chi connectivity index (χ4v) is 13.7. The van der Waals surface area contributed by atoms with Gasteiger partial charge in [-0.2, -0.15) is 0 Å². The molecule has 7 aliphatic heterocycles. The van der Waals surface area contributed by atoms with Crippen molar-refractivity contribution in [1.82, 2.24) is 25.4 Å². The lowest BCUT2D eigenvalue weighted by molar-refractivity contribution is -0.160. The van der Waals surface area contributed by atoms with E-state index in [-0.39, 0.29) is 56.7 Å². The van der Waals surface area contributed by atoms with Gasteiger partial charge in [-0.3, -0.25) is 34.1 Å². The van der Waals surface area contributed by atoms with Gasteiger partial charge in [0.05, 0.1) is 65.8 Å². The molecule has 1 amide bonds. The van der Waals surface area contributed by atoms with Gasteiger partial charge in [0.2, 0.25) is 5.78 Å². The lowest BCUT2D eigenvalue weighted by atomic mass is 9.73. The van der Waals surface area contributed by atoms with Gasteiger partial charge in [0.1, 0.15) is 34.7 Å². The number of aliphatic imine (C=N–C) groups is 1. The Labute approximate surface area is 498 Å². The van der Waals surface area contributed by atoms with E-state index in [2.05, 4.69) is 51.9 Å². The summed E-state index contributed by atoms with van der Waals surface area (Å²) in [5, 5.41) is 53.2. The molecule has 1 aromatic heterocycles. The average Bonchev–Trinajstić information content (AvgIpc) is 1.65. The number of allylic oxidation sites excluding steroid dienone is 4. The number of phenolic OH excluding ortho intramolecular Hbond substituents is 1. The van der Waals surface area contributed by atoms with Crippen LogP contribution in [0.3, 0.4) is 0 Å². The second kappa shape index (κ2) is 25.3. The molecule has 19 heteroatoms. The van der Waals surface area contributed by atoms with Crippen LogP contribution >= 0.6 is 0 Å². The number of hydrogen-bond donors (Lipinski definition) is 6. The van der Waals surface area contributed by atoms with Gasteiger partial charge in [-0.05, 0) is 86.9 Å². The molecular weight excluding hydrogens is 1080 g/mol. The van der Waals surface area contributed by atoms with Gasteiger partial charge in [-0.1, -0.05) is 65.8 Å². The molecule has 0 unspecified atom stereocenters. The van der Waals surface area contributed by atoms with Crippen molar-refractivity contribution in [2.45, 2.75) is 143 Å². The Bertz CT molecular complexity index is 3250. The number of ether oxygens (including phenoxy) is 5. The number of aromatic hydroxyl groups is 1. The van der Waals surface area contributed by atoms with Gasteiger partial charge in [0.15, 0.2) is 0 Å². The first-order chi connectivity index (χ1) is 40.4. The van der Waals surface area contributed by atoms with E-state index >= 15 is 0 Å². The molecule has 2 aromatic carbocycles. The number of piperidine rings is 4. The molecule has 85 heavy (non-hydrogen) atoms. The molecule has 19 nitrogen and oxygen atoms in total. The maximum Gasteiger partial charge on any atom is 0.312 e. The topological polar surface area (TPSA) is 251 Å². The molecule has 458 valence electrons. The summed E-state index contributed by atoms with van der Waals surface area (Å²) in [6, 6.07) is 7.96. The summed E-state index contributed by atoms with van der Waals surface area (Å²) in [4.78, 5) is 70.1. The number of carbonyl (C=O) groups is 4. The maximum absolute atomic E-state index is 14.7. The molecule has 4 fully saturated rings. The Kier molecular flexibility index (Phi) is 18.7. The van der Waals surface area contributed by atoms with Crippen LogP contribution in [0, 0.1) is 48.3 Å². The number of phenols is 1. The zero-order valence-corrected chi connectivity index (χ0v) is 51.2. The number of amides is 1. The number of aliphatic hydroxyl groups excluding tert-OH is 3. The van der Waals surface area contributed by atoms with Gasteiger partial charge >= 0.3 is 11.8 Å². The molecule has 14 atom stereocenters. The van der Waals surface area contributed by atoms with Crippen molar-refractivity contribution in [3.05, 3.63) is 118 Å². The Morgan fingerprint density at radius 1 is 0.965 bits per heavy atom. The van der Waals surface area contributed by atoms with Crippen molar-refractivity contribution < 1.29 is 63.3 Å². The van der Waals surface area contributed by atoms with Gasteiger partial charge in [0.25, 0.3) is 11.7 Å². The number of carbonyl (C=O) groups excluding carboxylic acids is 4. The summed E-state index contributed by atoms with van der Waals surface area (Å²) in [6.07, 6.45) is 10.7. The molecule has 1 spiro atoms.